The molecule has 0 aliphatic carbocycles. The van der Waals surface area contributed by atoms with E-state index in [1.165, 1.54) is 11.1 Å². The van der Waals surface area contributed by atoms with E-state index in [4.69, 9.17) is 4.74 Å². The van der Waals surface area contributed by atoms with Gasteiger partial charge in [-0.3, -0.25) is 0 Å². The minimum atomic E-state index is 0.979. The van der Waals surface area contributed by atoms with Gasteiger partial charge in [0.15, 0.2) is 0 Å². The Morgan fingerprint density at radius 2 is 1.21 bits per heavy atom. The second-order valence-corrected chi connectivity index (χ2v) is 5.10. The van der Waals surface area contributed by atoms with E-state index in [1.54, 1.807) is 11.3 Å². The van der Waals surface area contributed by atoms with Crippen LogP contribution < -0.4 is 4.74 Å². The smallest absolute Gasteiger partial charge is 0.130 e. The molecule has 0 N–H and O–H groups in total. The number of hydrogen-bond acceptors (Lipinski definition) is 2. The zero-order valence-electron chi connectivity index (χ0n) is 10.5. The highest BCUT2D eigenvalue weighted by Crippen LogP contribution is 2.35. The molecular weight excluding hydrogens is 252 g/mol. The molecule has 2 heterocycles. The van der Waals surface area contributed by atoms with E-state index in [0.717, 1.165) is 17.9 Å². The molecule has 0 bridgehead atoms. The van der Waals surface area contributed by atoms with Gasteiger partial charge in [-0.15, -0.1) is 0 Å². The van der Waals surface area contributed by atoms with E-state index < -0.39 is 0 Å². The fourth-order valence-corrected chi connectivity index (χ4v) is 2.50. The van der Waals surface area contributed by atoms with Crippen LogP contribution in [0.1, 0.15) is 11.1 Å². The number of benzene rings is 2. The van der Waals surface area contributed by atoms with Gasteiger partial charge in [0.05, 0.1) is 0 Å². The maximum atomic E-state index is 5.78. The summed E-state index contributed by atoms with van der Waals surface area (Å²) < 4.78 is 5.78. The molecule has 0 atom stereocenters. The Balaban J connectivity index is 0.000000187. The molecule has 3 aromatic rings. The lowest BCUT2D eigenvalue weighted by Crippen LogP contribution is -2.01. The Kier molecular flexibility index (Phi) is 3.61. The van der Waals surface area contributed by atoms with E-state index in [9.17, 15) is 0 Å². The average Bonchev–Trinajstić information content (AvgIpc) is 3.04. The molecule has 1 aliphatic heterocycles. The molecule has 1 nitrogen and oxygen atoms in total. The fraction of sp³-hybridized carbons (Fsp3) is 0.0588. The largest absolute Gasteiger partial charge is 0.457 e. The fourth-order valence-electron chi connectivity index (χ4n) is 2.05. The van der Waals surface area contributed by atoms with Crippen LogP contribution in [0.3, 0.4) is 0 Å². The highest BCUT2D eigenvalue weighted by atomic mass is 32.1. The van der Waals surface area contributed by atoms with Crippen LogP contribution in [0.5, 0.6) is 11.5 Å². The average molecular weight is 266 g/mol. The molecule has 19 heavy (non-hydrogen) atoms. The number of para-hydroxylation sites is 2. The van der Waals surface area contributed by atoms with Crippen molar-refractivity contribution in [3.63, 3.8) is 0 Å². The predicted molar refractivity (Wildman–Crippen MR) is 80.1 cm³/mol. The molecule has 94 valence electrons. The first-order valence-corrected chi connectivity index (χ1v) is 7.18. The number of thiophene rings is 1. The number of ether oxygens (including phenoxy) is 1. The van der Waals surface area contributed by atoms with E-state index in [0.29, 0.717) is 0 Å². The van der Waals surface area contributed by atoms with Gasteiger partial charge in [0, 0.05) is 6.42 Å². The maximum absolute atomic E-state index is 5.78. The van der Waals surface area contributed by atoms with Gasteiger partial charge < -0.3 is 4.74 Å². The quantitative estimate of drug-likeness (QED) is 0.428. The van der Waals surface area contributed by atoms with Crippen molar-refractivity contribution in [2.24, 2.45) is 0 Å². The van der Waals surface area contributed by atoms with Gasteiger partial charge in [0.1, 0.15) is 11.5 Å². The van der Waals surface area contributed by atoms with Crippen LogP contribution in [0.15, 0.2) is 71.4 Å². The molecule has 2 aromatic carbocycles. The van der Waals surface area contributed by atoms with Gasteiger partial charge in [-0.1, -0.05) is 48.5 Å². The molecule has 0 saturated carbocycles. The van der Waals surface area contributed by atoms with Crippen LogP contribution >= 0.6 is 11.3 Å². The minimum Gasteiger partial charge on any atom is -0.457 e. The van der Waals surface area contributed by atoms with Crippen molar-refractivity contribution < 1.29 is 4.74 Å². The van der Waals surface area contributed by atoms with Crippen molar-refractivity contribution in [2.45, 2.75) is 6.42 Å². The van der Waals surface area contributed by atoms with Crippen molar-refractivity contribution in [2.75, 3.05) is 0 Å². The van der Waals surface area contributed by atoms with Gasteiger partial charge >= 0.3 is 0 Å². The molecule has 0 radical (unpaired) electrons. The van der Waals surface area contributed by atoms with Crippen molar-refractivity contribution >= 4 is 11.3 Å². The molecule has 0 amide bonds. The normalized spacial score (nSPS) is 11.4. The third-order valence-corrected chi connectivity index (χ3v) is 3.60. The highest BCUT2D eigenvalue weighted by molar-refractivity contribution is 7.07. The number of fused-ring (bicyclic) bond motifs is 2. The van der Waals surface area contributed by atoms with Gasteiger partial charge in [-0.05, 0) is 34.0 Å². The summed E-state index contributed by atoms with van der Waals surface area (Å²) >= 11 is 1.71. The first-order chi connectivity index (χ1) is 9.43. The Bertz CT molecular complexity index is 539. The summed E-state index contributed by atoms with van der Waals surface area (Å²) in [5.74, 6) is 1.98. The molecule has 4 rings (SSSR count). The topological polar surface area (TPSA) is 9.23 Å². The SMILES string of the molecule is c1ccc2c(c1)Cc1ccccc1O2.c1ccsc1. The van der Waals surface area contributed by atoms with Gasteiger partial charge in [-0.2, -0.15) is 11.3 Å². The van der Waals surface area contributed by atoms with Crippen molar-refractivity contribution in [1.29, 1.82) is 0 Å². The maximum Gasteiger partial charge on any atom is 0.130 e. The zero-order valence-corrected chi connectivity index (χ0v) is 11.3. The monoisotopic (exact) mass is 266 g/mol. The Hall–Kier alpha value is -2.06. The first kappa shape index (κ1) is 12.0. The van der Waals surface area contributed by atoms with Crippen molar-refractivity contribution in [1.82, 2.24) is 0 Å². The summed E-state index contributed by atoms with van der Waals surface area (Å²) in [6, 6.07) is 20.4. The van der Waals surface area contributed by atoms with Crippen LogP contribution in [0.25, 0.3) is 0 Å². The molecule has 2 heteroatoms. The summed E-state index contributed by atoms with van der Waals surface area (Å²) in [7, 11) is 0. The summed E-state index contributed by atoms with van der Waals surface area (Å²) in [6.45, 7) is 0. The summed E-state index contributed by atoms with van der Waals surface area (Å²) in [4.78, 5) is 0. The lowest BCUT2D eigenvalue weighted by Gasteiger charge is -2.19. The van der Waals surface area contributed by atoms with Crippen molar-refractivity contribution in [3.05, 3.63) is 82.6 Å². The van der Waals surface area contributed by atoms with Crippen LogP contribution in [-0.4, -0.2) is 0 Å². The van der Waals surface area contributed by atoms with Gasteiger partial charge in [0.25, 0.3) is 0 Å². The Morgan fingerprint density at radius 3 is 1.68 bits per heavy atom. The molecule has 0 spiro atoms. The third-order valence-electron chi connectivity index (χ3n) is 2.97. The Morgan fingerprint density at radius 1 is 0.684 bits per heavy atom. The lowest BCUT2D eigenvalue weighted by molar-refractivity contribution is 0.460. The van der Waals surface area contributed by atoms with Crippen LogP contribution in [0.2, 0.25) is 0 Å². The molecule has 1 aromatic heterocycles. The van der Waals surface area contributed by atoms with E-state index >= 15 is 0 Å². The van der Waals surface area contributed by atoms with Crippen molar-refractivity contribution in [3.8, 4) is 11.5 Å². The second kappa shape index (κ2) is 5.72. The molecule has 0 unspecified atom stereocenters. The Labute approximate surface area is 117 Å². The van der Waals surface area contributed by atoms with Crippen LogP contribution in [0, 0.1) is 0 Å². The molecule has 0 saturated heterocycles. The van der Waals surface area contributed by atoms with E-state index in [2.05, 4.69) is 24.3 Å². The second-order valence-electron chi connectivity index (χ2n) is 4.29. The molecule has 0 fully saturated rings. The molecule has 1 aliphatic rings. The van der Waals surface area contributed by atoms with Gasteiger partial charge in [0.2, 0.25) is 0 Å². The summed E-state index contributed by atoms with van der Waals surface area (Å²) in [5.41, 5.74) is 2.54. The summed E-state index contributed by atoms with van der Waals surface area (Å²) in [6.07, 6.45) is 0.979. The standard InChI is InChI=1S/C13H10O.C4H4S/c1-3-7-12-10(5-1)9-11-6-2-4-8-13(11)14-12;1-2-4-5-3-1/h1-8H,9H2;1-4H. The lowest BCUT2D eigenvalue weighted by atomic mass is 10.0. The van der Waals surface area contributed by atoms with Gasteiger partial charge in [-0.25, -0.2) is 0 Å². The van der Waals surface area contributed by atoms with E-state index in [1.807, 2.05) is 47.2 Å². The number of hydrogen-bond donors (Lipinski definition) is 0. The summed E-state index contributed by atoms with van der Waals surface area (Å²) in [5, 5.41) is 4.08. The third kappa shape index (κ3) is 2.85. The van der Waals surface area contributed by atoms with E-state index in [-0.39, 0.29) is 0 Å². The minimum absolute atomic E-state index is 0.979. The predicted octanol–water partition coefficient (Wildman–Crippen LogP) is 5.13. The molecular formula is C17H14OS. The number of rotatable bonds is 0. The highest BCUT2D eigenvalue weighted by Gasteiger charge is 2.14. The first-order valence-electron chi connectivity index (χ1n) is 6.24. The van der Waals surface area contributed by atoms with Crippen LogP contribution in [-0.2, 0) is 6.42 Å². The zero-order chi connectivity index (χ0) is 12.9. The van der Waals surface area contributed by atoms with Crippen LogP contribution in [0.4, 0.5) is 0 Å².